The predicted molar refractivity (Wildman–Crippen MR) is 152 cm³/mol. The van der Waals surface area contributed by atoms with Crippen LogP contribution >= 0.6 is 0 Å². The van der Waals surface area contributed by atoms with Crippen LogP contribution < -0.4 is 10.1 Å². The number of hydrogen-bond acceptors (Lipinski definition) is 6. The van der Waals surface area contributed by atoms with Crippen LogP contribution in [0.5, 0.6) is 11.5 Å². The van der Waals surface area contributed by atoms with E-state index in [1.54, 1.807) is 17.7 Å². The Morgan fingerprint density at radius 2 is 1.77 bits per heavy atom. The lowest BCUT2D eigenvalue weighted by molar-refractivity contribution is 0.0925. The average Bonchev–Trinajstić information content (AvgIpc) is 3.60. The molecule has 2 fully saturated rings. The van der Waals surface area contributed by atoms with E-state index in [2.05, 4.69) is 53.3 Å². The Bertz CT molecular complexity index is 1290. The number of likely N-dealkylation sites (tertiary alicyclic amines) is 1. The number of aromatic hydroxyl groups is 1. The normalized spacial score (nSPS) is 17.2. The first-order chi connectivity index (χ1) is 18.8. The summed E-state index contributed by atoms with van der Waals surface area (Å²) in [4.78, 5) is 15.9. The fourth-order valence-electron chi connectivity index (χ4n) is 5.79. The topological polar surface area (TPSA) is 92.5 Å². The molecule has 0 radical (unpaired) electrons. The highest BCUT2D eigenvalue weighted by molar-refractivity contribution is 5.92. The largest absolute Gasteiger partial charge is 0.507 e. The molecule has 1 saturated carbocycles. The maximum atomic E-state index is 13.4. The Hall–Kier alpha value is -3.39. The number of nitrogens with one attached hydrogen (secondary N) is 1. The number of phenolic OH excluding ortho intramolecular Hbond substituents is 1. The Balaban J connectivity index is 1.52. The second-order valence-corrected chi connectivity index (χ2v) is 11.5. The van der Waals surface area contributed by atoms with E-state index in [4.69, 9.17) is 4.74 Å². The van der Waals surface area contributed by atoms with Gasteiger partial charge in [0.05, 0.1) is 12.7 Å². The summed E-state index contributed by atoms with van der Waals surface area (Å²) in [5.41, 5.74) is 3.47. The van der Waals surface area contributed by atoms with Crippen molar-refractivity contribution in [1.29, 1.82) is 0 Å². The Morgan fingerprint density at radius 3 is 2.41 bits per heavy atom. The molecular formula is C31H41N5O3. The van der Waals surface area contributed by atoms with Gasteiger partial charge in [0, 0.05) is 24.3 Å². The van der Waals surface area contributed by atoms with Gasteiger partial charge in [-0.25, -0.2) is 0 Å². The first-order valence-electron chi connectivity index (χ1n) is 14.3. The van der Waals surface area contributed by atoms with Crippen molar-refractivity contribution in [3.05, 3.63) is 53.3 Å². The van der Waals surface area contributed by atoms with Gasteiger partial charge >= 0.3 is 0 Å². The molecule has 2 heterocycles. The molecule has 2 aliphatic rings. The Kier molecular flexibility index (Phi) is 8.21. The van der Waals surface area contributed by atoms with Crippen molar-refractivity contribution >= 4 is 5.91 Å². The van der Waals surface area contributed by atoms with Crippen molar-refractivity contribution in [2.24, 2.45) is 5.92 Å². The number of rotatable bonds is 8. The van der Waals surface area contributed by atoms with Gasteiger partial charge in [0.1, 0.15) is 11.5 Å². The molecule has 8 nitrogen and oxygen atoms in total. The standard InChI is InChI=1S/C31H41N5O3/c1-20(2)25-17-26(27(37)18-28(25)39-4)29-33-34-30(31(38)32-23-7-5-6-8-23)36(29)24-11-9-22(10-12-24)19-35-15-13-21(3)14-16-35/h9-12,17-18,20-21,23,37H,5-8,13-16,19H2,1-4H3,(H,32,38). The summed E-state index contributed by atoms with van der Waals surface area (Å²) in [5.74, 6) is 2.01. The summed E-state index contributed by atoms with van der Waals surface area (Å²) in [5, 5.41) is 22.9. The van der Waals surface area contributed by atoms with Crippen molar-refractivity contribution in [3.63, 3.8) is 0 Å². The SMILES string of the molecule is COc1cc(O)c(-c2nnc(C(=O)NC3CCCC3)n2-c2ccc(CN3CCC(C)CC3)cc2)cc1C(C)C. The van der Waals surface area contributed by atoms with Gasteiger partial charge in [0.25, 0.3) is 5.91 Å². The highest BCUT2D eigenvalue weighted by Gasteiger charge is 2.27. The van der Waals surface area contributed by atoms with E-state index in [0.717, 1.165) is 62.5 Å². The molecule has 1 aromatic heterocycles. The zero-order valence-corrected chi connectivity index (χ0v) is 23.6. The van der Waals surface area contributed by atoms with Gasteiger partial charge in [0.15, 0.2) is 5.82 Å². The summed E-state index contributed by atoms with van der Waals surface area (Å²) in [7, 11) is 1.60. The van der Waals surface area contributed by atoms with E-state index < -0.39 is 0 Å². The number of piperidine rings is 1. The summed E-state index contributed by atoms with van der Waals surface area (Å²) in [6, 6.07) is 11.9. The minimum atomic E-state index is -0.246. The fraction of sp³-hybridized carbons (Fsp3) is 0.516. The third kappa shape index (κ3) is 5.96. The van der Waals surface area contributed by atoms with Gasteiger partial charge in [-0.05, 0) is 79.9 Å². The number of aromatic nitrogens is 3. The van der Waals surface area contributed by atoms with Crippen LogP contribution in [-0.4, -0.2) is 56.9 Å². The number of carbonyl (C=O) groups excluding carboxylic acids is 1. The molecule has 1 amide bonds. The van der Waals surface area contributed by atoms with Crippen LogP contribution in [0, 0.1) is 5.92 Å². The number of ether oxygens (including phenoxy) is 1. The van der Waals surface area contributed by atoms with E-state index in [-0.39, 0.29) is 29.4 Å². The molecule has 0 unspecified atom stereocenters. The maximum Gasteiger partial charge on any atom is 0.289 e. The molecular weight excluding hydrogens is 490 g/mol. The van der Waals surface area contributed by atoms with Gasteiger partial charge < -0.3 is 15.2 Å². The van der Waals surface area contributed by atoms with Crippen molar-refractivity contribution < 1.29 is 14.6 Å². The van der Waals surface area contributed by atoms with Crippen molar-refractivity contribution in [3.8, 4) is 28.6 Å². The number of hydrogen-bond donors (Lipinski definition) is 2. The van der Waals surface area contributed by atoms with E-state index >= 15 is 0 Å². The molecule has 2 N–H and O–H groups in total. The minimum Gasteiger partial charge on any atom is -0.507 e. The number of phenols is 1. The van der Waals surface area contributed by atoms with Gasteiger partial charge in [-0.15, -0.1) is 10.2 Å². The van der Waals surface area contributed by atoms with Crippen LogP contribution in [0.2, 0.25) is 0 Å². The molecule has 8 heteroatoms. The number of nitrogens with zero attached hydrogens (tertiary/aromatic N) is 4. The average molecular weight is 532 g/mol. The monoisotopic (exact) mass is 531 g/mol. The molecule has 3 aromatic rings. The molecule has 1 saturated heterocycles. The third-order valence-electron chi connectivity index (χ3n) is 8.24. The van der Waals surface area contributed by atoms with Crippen molar-refractivity contribution in [2.75, 3.05) is 20.2 Å². The van der Waals surface area contributed by atoms with Crippen LogP contribution in [0.25, 0.3) is 17.1 Å². The smallest absolute Gasteiger partial charge is 0.289 e. The Morgan fingerprint density at radius 1 is 1.08 bits per heavy atom. The summed E-state index contributed by atoms with van der Waals surface area (Å²) >= 11 is 0. The van der Waals surface area contributed by atoms with Crippen LogP contribution in [0.4, 0.5) is 0 Å². The zero-order valence-electron chi connectivity index (χ0n) is 23.6. The molecule has 2 aromatic carbocycles. The molecule has 0 spiro atoms. The molecule has 39 heavy (non-hydrogen) atoms. The lowest BCUT2D eigenvalue weighted by atomic mass is 9.98. The molecule has 1 aliphatic carbocycles. The fourth-order valence-corrected chi connectivity index (χ4v) is 5.79. The summed E-state index contributed by atoms with van der Waals surface area (Å²) in [6.45, 7) is 9.64. The van der Waals surface area contributed by atoms with Gasteiger partial charge in [-0.1, -0.05) is 45.7 Å². The van der Waals surface area contributed by atoms with Crippen LogP contribution in [0.3, 0.4) is 0 Å². The summed E-state index contributed by atoms with van der Waals surface area (Å²) < 4.78 is 7.29. The van der Waals surface area contributed by atoms with Gasteiger partial charge in [-0.3, -0.25) is 14.3 Å². The molecule has 208 valence electrons. The van der Waals surface area contributed by atoms with Crippen LogP contribution in [-0.2, 0) is 6.54 Å². The van der Waals surface area contributed by atoms with Gasteiger partial charge in [-0.2, -0.15) is 0 Å². The van der Waals surface area contributed by atoms with E-state index in [1.807, 2.05) is 18.2 Å². The van der Waals surface area contributed by atoms with E-state index in [9.17, 15) is 9.90 Å². The quantitative estimate of drug-likeness (QED) is 0.389. The molecule has 0 atom stereocenters. The molecule has 1 aliphatic heterocycles. The number of benzene rings is 2. The first kappa shape index (κ1) is 27.2. The third-order valence-corrected chi connectivity index (χ3v) is 8.24. The number of amides is 1. The van der Waals surface area contributed by atoms with E-state index in [0.29, 0.717) is 17.1 Å². The Labute approximate surface area is 231 Å². The maximum absolute atomic E-state index is 13.4. The lowest BCUT2D eigenvalue weighted by Gasteiger charge is -2.30. The minimum absolute atomic E-state index is 0.0311. The number of methoxy groups -OCH3 is 1. The highest BCUT2D eigenvalue weighted by atomic mass is 16.5. The second-order valence-electron chi connectivity index (χ2n) is 11.5. The predicted octanol–water partition coefficient (Wildman–Crippen LogP) is 5.68. The zero-order chi connectivity index (χ0) is 27.5. The second kappa shape index (κ2) is 11.8. The number of carbonyl (C=O) groups is 1. The summed E-state index contributed by atoms with van der Waals surface area (Å²) in [6.07, 6.45) is 6.69. The van der Waals surface area contributed by atoms with Crippen LogP contribution in [0.15, 0.2) is 36.4 Å². The molecule has 0 bridgehead atoms. The van der Waals surface area contributed by atoms with Gasteiger partial charge in [0.2, 0.25) is 5.82 Å². The van der Waals surface area contributed by atoms with E-state index in [1.165, 1.54) is 18.4 Å². The first-order valence-corrected chi connectivity index (χ1v) is 14.3. The van der Waals surface area contributed by atoms with Crippen molar-refractivity contribution in [2.45, 2.75) is 77.8 Å². The molecule has 5 rings (SSSR count). The van der Waals surface area contributed by atoms with Crippen LogP contribution in [0.1, 0.15) is 87.0 Å². The lowest BCUT2D eigenvalue weighted by Crippen LogP contribution is -2.34. The highest BCUT2D eigenvalue weighted by Crippen LogP contribution is 2.38. The van der Waals surface area contributed by atoms with Crippen molar-refractivity contribution in [1.82, 2.24) is 25.0 Å².